The fourth-order valence-corrected chi connectivity index (χ4v) is 1.54. The Morgan fingerprint density at radius 3 is 2.33 bits per heavy atom. The summed E-state index contributed by atoms with van der Waals surface area (Å²) in [6, 6.07) is 5.30. The van der Waals surface area contributed by atoms with Crippen LogP contribution in [-0.4, -0.2) is 22.2 Å². The summed E-state index contributed by atoms with van der Waals surface area (Å²) in [4.78, 5) is 12.2. The molecule has 1 amide bonds. The molecule has 2 N–H and O–H groups in total. The van der Waals surface area contributed by atoms with Gasteiger partial charge in [-0.05, 0) is 46.2 Å². The fourth-order valence-electron chi connectivity index (χ4n) is 1.33. The van der Waals surface area contributed by atoms with Crippen LogP contribution >= 0.6 is 11.6 Å². The van der Waals surface area contributed by atoms with Crippen molar-refractivity contribution in [1.82, 2.24) is 5.32 Å². The van der Waals surface area contributed by atoms with Gasteiger partial charge in [0.05, 0.1) is 21.7 Å². The molecular weight excluding hydrogens is 250 g/mol. The Bertz CT molecular complexity index is 461. The van der Waals surface area contributed by atoms with Crippen LogP contribution in [0, 0.1) is 6.92 Å². The molecule has 0 saturated heterocycles. The molecule has 0 radical (unpaired) electrons. The quantitative estimate of drug-likeness (QED) is 0.886. The molecule has 0 heterocycles. The minimum absolute atomic E-state index is 0.282. The summed E-state index contributed by atoms with van der Waals surface area (Å²) in [6.45, 7) is 8.71. The molecule has 4 heteroatoms. The third-order valence-corrected chi connectivity index (χ3v) is 3.89. The molecule has 0 spiro atoms. The number of aliphatic hydroxyl groups is 1. The van der Waals surface area contributed by atoms with Crippen molar-refractivity contribution in [2.75, 3.05) is 0 Å². The van der Waals surface area contributed by atoms with Crippen LogP contribution < -0.4 is 5.32 Å². The first-order chi connectivity index (χ1) is 8.06. The van der Waals surface area contributed by atoms with Crippen LogP contribution in [0.1, 0.15) is 43.6 Å². The van der Waals surface area contributed by atoms with Gasteiger partial charge in [0.25, 0.3) is 5.91 Å². The lowest BCUT2D eigenvalue weighted by Crippen LogP contribution is -2.57. The van der Waals surface area contributed by atoms with E-state index < -0.39 is 11.1 Å². The minimum Gasteiger partial charge on any atom is -0.388 e. The first kappa shape index (κ1) is 15.0. The lowest BCUT2D eigenvalue weighted by Gasteiger charge is -2.38. The Balaban J connectivity index is 3.00. The zero-order valence-corrected chi connectivity index (χ0v) is 12.2. The van der Waals surface area contributed by atoms with E-state index in [-0.39, 0.29) is 5.91 Å². The summed E-state index contributed by atoms with van der Waals surface area (Å²) in [5.41, 5.74) is -0.504. The molecule has 0 aliphatic rings. The molecule has 1 aromatic rings. The summed E-state index contributed by atoms with van der Waals surface area (Å²) in [5.74, 6) is -0.282. The number of hydrogen-bond donors (Lipinski definition) is 2. The maximum absolute atomic E-state index is 12.2. The van der Waals surface area contributed by atoms with Crippen molar-refractivity contribution in [3.8, 4) is 0 Å². The summed E-state index contributed by atoms with van der Waals surface area (Å²) in [5, 5.41) is 13.3. The molecule has 100 valence electrons. The van der Waals surface area contributed by atoms with E-state index in [2.05, 4.69) is 5.32 Å². The third-order valence-electron chi connectivity index (χ3n) is 3.39. The van der Waals surface area contributed by atoms with Gasteiger partial charge in [0, 0.05) is 0 Å². The number of aryl methyl sites for hydroxylation is 1. The number of rotatable bonds is 3. The van der Waals surface area contributed by atoms with Crippen LogP contribution in [-0.2, 0) is 0 Å². The SMILES string of the molecule is Cc1cccc(C(=O)NC(C)(C)C(C)(C)O)c1Cl. The first-order valence-electron chi connectivity index (χ1n) is 5.86. The van der Waals surface area contributed by atoms with Gasteiger partial charge in [-0.1, -0.05) is 23.7 Å². The van der Waals surface area contributed by atoms with Crippen LogP contribution in [0.5, 0.6) is 0 Å². The normalized spacial score (nSPS) is 12.4. The molecule has 3 nitrogen and oxygen atoms in total. The fraction of sp³-hybridized carbons (Fsp3) is 0.500. The van der Waals surface area contributed by atoms with E-state index in [9.17, 15) is 9.90 Å². The summed E-state index contributed by atoms with van der Waals surface area (Å²) in [7, 11) is 0. The maximum atomic E-state index is 12.2. The lowest BCUT2D eigenvalue weighted by molar-refractivity contribution is -0.00292. The van der Waals surface area contributed by atoms with Gasteiger partial charge in [-0.15, -0.1) is 0 Å². The van der Waals surface area contributed by atoms with Crippen molar-refractivity contribution in [3.63, 3.8) is 0 Å². The number of nitrogens with one attached hydrogen (secondary N) is 1. The highest BCUT2D eigenvalue weighted by molar-refractivity contribution is 6.34. The highest BCUT2D eigenvalue weighted by Crippen LogP contribution is 2.24. The van der Waals surface area contributed by atoms with E-state index in [1.54, 1.807) is 39.8 Å². The van der Waals surface area contributed by atoms with Crippen molar-refractivity contribution < 1.29 is 9.90 Å². The Morgan fingerprint density at radius 2 is 1.83 bits per heavy atom. The van der Waals surface area contributed by atoms with Crippen LogP contribution in [0.3, 0.4) is 0 Å². The number of carbonyl (C=O) groups excluding carboxylic acids is 1. The monoisotopic (exact) mass is 269 g/mol. The highest BCUT2D eigenvalue weighted by Gasteiger charge is 2.36. The Labute approximate surface area is 113 Å². The highest BCUT2D eigenvalue weighted by atomic mass is 35.5. The molecule has 1 rings (SSSR count). The van der Waals surface area contributed by atoms with Crippen molar-refractivity contribution in [3.05, 3.63) is 34.3 Å². The van der Waals surface area contributed by atoms with E-state index in [1.807, 2.05) is 13.0 Å². The van der Waals surface area contributed by atoms with Gasteiger partial charge in [-0.2, -0.15) is 0 Å². The van der Waals surface area contributed by atoms with E-state index >= 15 is 0 Å². The lowest BCUT2D eigenvalue weighted by atomic mass is 9.85. The van der Waals surface area contributed by atoms with Crippen LogP contribution in [0.15, 0.2) is 18.2 Å². The van der Waals surface area contributed by atoms with Gasteiger partial charge in [-0.25, -0.2) is 0 Å². The predicted molar refractivity (Wildman–Crippen MR) is 74.0 cm³/mol. The second-order valence-corrected chi connectivity index (χ2v) is 5.95. The topological polar surface area (TPSA) is 49.3 Å². The Kier molecular flexibility index (Phi) is 4.08. The molecule has 0 atom stereocenters. The number of halogens is 1. The molecule has 0 bridgehead atoms. The smallest absolute Gasteiger partial charge is 0.253 e. The minimum atomic E-state index is -1.03. The van der Waals surface area contributed by atoms with Crippen molar-refractivity contribution in [1.29, 1.82) is 0 Å². The van der Waals surface area contributed by atoms with Gasteiger partial charge in [0.15, 0.2) is 0 Å². The summed E-state index contributed by atoms with van der Waals surface area (Å²) < 4.78 is 0. The van der Waals surface area contributed by atoms with Crippen LogP contribution in [0.4, 0.5) is 0 Å². The summed E-state index contributed by atoms with van der Waals surface area (Å²) in [6.07, 6.45) is 0. The number of hydrogen-bond acceptors (Lipinski definition) is 2. The third kappa shape index (κ3) is 3.03. The van der Waals surface area contributed by atoms with Gasteiger partial charge >= 0.3 is 0 Å². The molecule has 0 saturated carbocycles. The standard InChI is InChI=1S/C14H20ClNO2/c1-9-7-6-8-10(11(9)15)12(17)16-13(2,3)14(4,5)18/h6-8,18H,1-5H3,(H,16,17). The number of amides is 1. The molecular formula is C14H20ClNO2. The largest absolute Gasteiger partial charge is 0.388 e. The van der Waals surface area contributed by atoms with Crippen molar-refractivity contribution >= 4 is 17.5 Å². The van der Waals surface area contributed by atoms with E-state index in [0.717, 1.165) is 5.56 Å². The molecule has 0 aromatic heterocycles. The van der Waals surface area contributed by atoms with Gasteiger partial charge < -0.3 is 10.4 Å². The Morgan fingerprint density at radius 1 is 1.28 bits per heavy atom. The van der Waals surface area contributed by atoms with Crippen LogP contribution in [0.2, 0.25) is 5.02 Å². The average molecular weight is 270 g/mol. The second-order valence-electron chi connectivity index (χ2n) is 5.57. The number of benzene rings is 1. The zero-order valence-electron chi connectivity index (χ0n) is 11.5. The molecule has 0 fully saturated rings. The summed E-state index contributed by atoms with van der Waals surface area (Å²) >= 11 is 6.11. The molecule has 0 aliphatic heterocycles. The second kappa shape index (κ2) is 4.90. The zero-order chi connectivity index (χ0) is 14.1. The maximum Gasteiger partial charge on any atom is 0.253 e. The number of carbonyl (C=O) groups is 1. The van der Waals surface area contributed by atoms with Gasteiger partial charge in [0.2, 0.25) is 0 Å². The molecule has 18 heavy (non-hydrogen) atoms. The van der Waals surface area contributed by atoms with E-state index in [4.69, 9.17) is 11.6 Å². The van der Waals surface area contributed by atoms with Crippen LogP contribution in [0.25, 0.3) is 0 Å². The van der Waals surface area contributed by atoms with Gasteiger partial charge in [-0.3, -0.25) is 4.79 Å². The molecule has 0 aliphatic carbocycles. The van der Waals surface area contributed by atoms with E-state index in [0.29, 0.717) is 10.6 Å². The Hall–Kier alpha value is -1.06. The molecule has 0 unspecified atom stereocenters. The van der Waals surface area contributed by atoms with E-state index in [1.165, 1.54) is 0 Å². The predicted octanol–water partition coefficient (Wildman–Crippen LogP) is 2.93. The molecule has 1 aromatic carbocycles. The van der Waals surface area contributed by atoms with Crippen molar-refractivity contribution in [2.24, 2.45) is 0 Å². The average Bonchev–Trinajstić information content (AvgIpc) is 2.19. The van der Waals surface area contributed by atoms with Crippen molar-refractivity contribution in [2.45, 2.75) is 45.8 Å². The van der Waals surface area contributed by atoms with Gasteiger partial charge in [0.1, 0.15) is 0 Å². The first-order valence-corrected chi connectivity index (χ1v) is 6.24.